The van der Waals surface area contributed by atoms with Crippen molar-refractivity contribution >= 4 is 10.8 Å². The molecule has 4 rings (SSSR count). The Hall–Kier alpha value is -2.52. The average Bonchev–Trinajstić information content (AvgIpc) is 2.61. The molecule has 0 bridgehead atoms. The fourth-order valence-corrected chi connectivity index (χ4v) is 3.29. The molecular weight excluding hydrogens is 286 g/mol. The zero-order valence-corrected chi connectivity index (χ0v) is 12.8. The van der Waals surface area contributed by atoms with Crippen LogP contribution in [0.2, 0.25) is 0 Å². The van der Waals surface area contributed by atoms with Crippen molar-refractivity contribution in [3.05, 3.63) is 71.8 Å². The van der Waals surface area contributed by atoms with Crippen molar-refractivity contribution in [1.82, 2.24) is 5.32 Å². The van der Waals surface area contributed by atoms with Crippen molar-refractivity contribution in [3.63, 3.8) is 0 Å². The van der Waals surface area contributed by atoms with Crippen molar-refractivity contribution in [2.75, 3.05) is 6.61 Å². The Bertz CT molecular complexity index is 844. The smallest absolute Gasteiger partial charge is 0.124 e. The first-order valence-corrected chi connectivity index (χ1v) is 7.97. The van der Waals surface area contributed by atoms with E-state index in [-0.39, 0.29) is 6.04 Å². The minimum absolute atomic E-state index is 0.248. The number of para-hydroxylation sites is 1. The molecular formula is C20H19NO2. The van der Waals surface area contributed by atoms with Gasteiger partial charge in [-0.05, 0) is 22.9 Å². The van der Waals surface area contributed by atoms with Gasteiger partial charge in [-0.1, -0.05) is 48.5 Å². The summed E-state index contributed by atoms with van der Waals surface area (Å²) >= 11 is 0. The Morgan fingerprint density at radius 3 is 2.78 bits per heavy atom. The molecule has 0 saturated carbocycles. The standard InChI is InChI=1S/C20H19NO2/c22-19-10-9-14-5-1-2-6-15(14)17(19)13-21-18-11-12-23-20-8-4-3-7-16(18)20/h1-10,18,21-22H,11-13H2/t18-/m1/s1. The summed E-state index contributed by atoms with van der Waals surface area (Å²) < 4.78 is 5.71. The minimum Gasteiger partial charge on any atom is -0.508 e. The van der Waals surface area contributed by atoms with E-state index in [1.54, 1.807) is 6.07 Å². The zero-order chi connectivity index (χ0) is 15.6. The summed E-state index contributed by atoms with van der Waals surface area (Å²) in [5.74, 6) is 1.30. The maximum Gasteiger partial charge on any atom is 0.124 e. The third-order valence-corrected chi connectivity index (χ3v) is 4.50. The van der Waals surface area contributed by atoms with Gasteiger partial charge in [0.2, 0.25) is 0 Å². The van der Waals surface area contributed by atoms with Crippen LogP contribution in [0.5, 0.6) is 11.5 Å². The molecule has 2 N–H and O–H groups in total. The molecule has 0 unspecified atom stereocenters. The van der Waals surface area contributed by atoms with Crippen LogP contribution in [0.15, 0.2) is 60.7 Å². The number of benzene rings is 3. The maximum atomic E-state index is 10.3. The first-order valence-electron chi connectivity index (χ1n) is 7.97. The topological polar surface area (TPSA) is 41.5 Å². The molecule has 0 amide bonds. The van der Waals surface area contributed by atoms with Crippen molar-refractivity contribution in [3.8, 4) is 11.5 Å². The fourth-order valence-electron chi connectivity index (χ4n) is 3.29. The van der Waals surface area contributed by atoms with Crippen LogP contribution >= 0.6 is 0 Å². The number of phenolic OH excluding ortho intramolecular Hbond substituents is 1. The normalized spacial score (nSPS) is 16.8. The summed E-state index contributed by atoms with van der Waals surface area (Å²) in [5, 5.41) is 16.1. The molecule has 1 aliphatic rings. The fraction of sp³-hybridized carbons (Fsp3) is 0.200. The van der Waals surface area contributed by atoms with Gasteiger partial charge in [0.05, 0.1) is 6.61 Å². The van der Waals surface area contributed by atoms with Crippen molar-refractivity contribution in [1.29, 1.82) is 0 Å². The molecule has 0 spiro atoms. The Morgan fingerprint density at radius 1 is 1.00 bits per heavy atom. The Balaban J connectivity index is 1.62. The second-order valence-electron chi connectivity index (χ2n) is 5.89. The number of rotatable bonds is 3. The summed E-state index contributed by atoms with van der Waals surface area (Å²) in [4.78, 5) is 0. The minimum atomic E-state index is 0.248. The van der Waals surface area contributed by atoms with Gasteiger partial charge in [0, 0.05) is 30.1 Å². The molecule has 3 nitrogen and oxygen atoms in total. The molecule has 0 radical (unpaired) electrons. The van der Waals surface area contributed by atoms with E-state index < -0.39 is 0 Å². The molecule has 0 fully saturated rings. The number of fused-ring (bicyclic) bond motifs is 2. The van der Waals surface area contributed by atoms with E-state index in [1.165, 1.54) is 5.56 Å². The third-order valence-electron chi connectivity index (χ3n) is 4.50. The molecule has 3 aromatic carbocycles. The summed E-state index contributed by atoms with van der Waals surface area (Å²) in [7, 11) is 0. The van der Waals surface area contributed by atoms with Crippen LogP contribution in [0.25, 0.3) is 10.8 Å². The van der Waals surface area contributed by atoms with Crippen LogP contribution in [-0.4, -0.2) is 11.7 Å². The predicted molar refractivity (Wildman–Crippen MR) is 91.7 cm³/mol. The van der Waals surface area contributed by atoms with Gasteiger partial charge in [0.15, 0.2) is 0 Å². The summed E-state index contributed by atoms with van der Waals surface area (Å²) in [6.45, 7) is 1.35. The van der Waals surface area contributed by atoms with E-state index in [0.29, 0.717) is 12.3 Å². The average molecular weight is 305 g/mol. The molecule has 0 aliphatic carbocycles. The lowest BCUT2D eigenvalue weighted by Gasteiger charge is -2.27. The molecule has 3 aromatic rings. The van der Waals surface area contributed by atoms with Crippen LogP contribution in [0.4, 0.5) is 0 Å². The molecule has 1 atom stereocenters. The van der Waals surface area contributed by atoms with Gasteiger partial charge in [0.1, 0.15) is 11.5 Å². The van der Waals surface area contributed by atoms with Gasteiger partial charge in [-0.25, -0.2) is 0 Å². The number of aromatic hydroxyl groups is 1. The van der Waals surface area contributed by atoms with Gasteiger partial charge in [-0.15, -0.1) is 0 Å². The van der Waals surface area contributed by atoms with Crippen molar-refractivity contribution in [2.45, 2.75) is 19.0 Å². The van der Waals surface area contributed by atoms with E-state index in [2.05, 4.69) is 23.5 Å². The summed E-state index contributed by atoms with van der Waals surface area (Å²) in [5.41, 5.74) is 2.14. The van der Waals surface area contributed by atoms with Crippen molar-refractivity contribution in [2.24, 2.45) is 0 Å². The number of hydrogen-bond donors (Lipinski definition) is 2. The highest BCUT2D eigenvalue weighted by molar-refractivity contribution is 5.87. The van der Waals surface area contributed by atoms with Crippen molar-refractivity contribution < 1.29 is 9.84 Å². The second kappa shape index (κ2) is 5.94. The SMILES string of the molecule is Oc1ccc2ccccc2c1CN[C@@H]1CCOc2ccccc21. The molecule has 1 aliphatic heterocycles. The Kier molecular flexibility index (Phi) is 3.64. The molecule has 23 heavy (non-hydrogen) atoms. The second-order valence-corrected chi connectivity index (χ2v) is 5.89. The highest BCUT2D eigenvalue weighted by atomic mass is 16.5. The number of nitrogens with one attached hydrogen (secondary N) is 1. The van der Waals surface area contributed by atoms with E-state index in [4.69, 9.17) is 4.74 Å². The van der Waals surface area contributed by atoms with Gasteiger partial charge >= 0.3 is 0 Å². The van der Waals surface area contributed by atoms with Gasteiger partial charge in [-0.3, -0.25) is 0 Å². The largest absolute Gasteiger partial charge is 0.508 e. The Morgan fingerprint density at radius 2 is 1.83 bits per heavy atom. The summed E-state index contributed by atoms with van der Waals surface area (Å²) in [6, 6.07) is 20.3. The van der Waals surface area contributed by atoms with E-state index in [0.717, 1.165) is 35.1 Å². The predicted octanol–water partition coefficient (Wildman–Crippen LogP) is 4.16. The first-order chi connectivity index (χ1) is 11.3. The van der Waals surface area contributed by atoms with Crippen LogP contribution in [-0.2, 0) is 6.54 Å². The number of ether oxygens (including phenoxy) is 1. The quantitative estimate of drug-likeness (QED) is 0.763. The molecule has 3 heteroatoms. The Labute approximate surface area is 135 Å². The third kappa shape index (κ3) is 2.64. The lowest BCUT2D eigenvalue weighted by atomic mass is 9.99. The van der Waals surface area contributed by atoms with Crippen LogP contribution in [0, 0.1) is 0 Å². The van der Waals surface area contributed by atoms with E-state index >= 15 is 0 Å². The molecule has 0 saturated heterocycles. The maximum absolute atomic E-state index is 10.3. The molecule has 1 heterocycles. The van der Waals surface area contributed by atoms with Gasteiger partial charge < -0.3 is 15.2 Å². The lowest BCUT2D eigenvalue weighted by molar-refractivity contribution is 0.252. The van der Waals surface area contributed by atoms with Crippen LogP contribution in [0.1, 0.15) is 23.6 Å². The zero-order valence-electron chi connectivity index (χ0n) is 12.8. The number of phenols is 1. The molecule has 116 valence electrons. The summed E-state index contributed by atoms with van der Waals surface area (Å²) in [6.07, 6.45) is 0.933. The van der Waals surface area contributed by atoms with Crippen LogP contribution in [0.3, 0.4) is 0 Å². The monoisotopic (exact) mass is 305 g/mol. The van der Waals surface area contributed by atoms with Gasteiger partial charge in [-0.2, -0.15) is 0 Å². The van der Waals surface area contributed by atoms with Crippen LogP contribution < -0.4 is 10.1 Å². The highest BCUT2D eigenvalue weighted by Crippen LogP contribution is 2.33. The highest BCUT2D eigenvalue weighted by Gasteiger charge is 2.21. The van der Waals surface area contributed by atoms with E-state index in [1.807, 2.05) is 36.4 Å². The van der Waals surface area contributed by atoms with E-state index in [9.17, 15) is 5.11 Å². The number of hydrogen-bond acceptors (Lipinski definition) is 3. The first kappa shape index (κ1) is 14.1. The molecule has 0 aromatic heterocycles. The lowest BCUT2D eigenvalue weighted by Crippen LogP contribution is -2.26. The van der Waals surface area contributed by atoms with Gasteiger partial charge in [0.25, 0.3) is 0 Å².